The molecular weight excluding hydrogens is 378 g/mol. The molecule has 1 aliphatic rings. The van der Waals surface area contributed by atoms with Crippen LogP contribution < -0.4 is 5.32 Å². The maximum absolute atomic E-state index is 13.4. The summed E-state index contributed by atoms with van der Waals surface area (Å²) in [5.74, 6) is -0.913. The van der Waals surface area contributed by atoms with E-state index in [4.69, 9.17) is 9.05 Å². The van der Waals surface area contributed by atoms with Gasteiger partial charge in [-0.25, -0.2) is 0 Å². The first kappa shape index (κ1) is 19.9. The minimum atomic E-state index is -4.46. The van der Waals surface area contributed by atoms with Crippen molar-refractivity contribution in [3.05, 3.63) is 65.2 Å². The van der Waals surface area contributed by atoms with Gasteiger partial charge in [0.1, 0.15) is 0 Å². The number of rotatable bonds is 4. The summed E-state index contributed by atoms with van der Waals surface area (Å²) >= 11 is 0. The summed E-state index contributed by atoms with van der Waals surface area (Å²) < 4.78 is 63.6. The van der Waals surface area contributed by atoms with Crippen molar-refractivity contribution in [2.75, 3.05) is 11.9 Å². The molecular formula is C19H21F3NO3P. The van der Waals surface area contributed by atoms with Crippen molar-refractivity contribution in [3.8, 4) is 0 Å². The Labute approximate surface area is 156 Å². The average Bonchev–Trinajstić information content (AvgIpc) is 2.60. The first-order valence-electron chi connectivity index (χ1n) is 8.60. The Hall–Kier alpha value is -1.82. The molecule has 1 fully saturated rings. The van der Waals surface area contributed by atoms with Crippen LogP contribution in [0, 0.1) is 6.92 Å². The number of aryl methyl sites for hydroxylation is 1. The Kier molecular flexibility index (Phi) is 5.65. The lowest BCUT2D eigenvalue weighted by Crippen LogP contribution is -2.23. The highest BCUT2D eigenvalue weighted by molar-refractivity contribution is 7.54. The monoisotopic (exact) mass is 399 g/mol. The number of benzene rings is 2. The second-order valence-electron chi connectivity index (χ2n) is 6.61. The van der Waals surface area contributed by atoms with Crippen LogP contribution in [-0.2, 0) is 19.8 Å². The van der Waals surface area contributed by atoms with Gasteiger partial charge in [-0.15, -0.1) is 0 Å². The number of hydrogen-bond acceptors (Lipinski definition) is 4. The standard InChI is InChI=1S/C19H21F3NO3P/c1-13-6-8-15(9-7-13)18(27(24)25-11-10-14(2)26-27)23-17-5-3-4-16(12-17)19(20,21)22/h3-9,12,14,18,23H,10-11H2,1-2H3/t14-,18+,27-/m1/s1. The molecule has 0 radical (unpaired) electrons. The minimum absolute atomic E-state index is 0.191. The van der Waals surface area contributed by atoms with Gasteiger partial charge in [0.25, 0.3) is 0 Å². The highest BCUT2D eigenvalue weighted by Gasteiger charge is 2.41. The molecule has 3 atom stereocenters. The van der Waals surface area contributed by atoms with Gasteiger partial charge in [0.05, 0.1) is 18.3 Å². The lowest BCUT2D eigenvalue weighted by atomic mass is 10.1. The molecule has 0 spiro atoms. The van der Waals surface area contributed by atoms with Crippen molar-refractivity contribution < 1.29 is 26.8 Å². The molecule has 27 heavy (non-hydrogen) atoms. The van der Waals surface area contributed by atoms with Crippen LogP contribution in [0.1, 0.15) is 35.8 Å². The first-order valence-corrected chi connectivity index (χ1v) is 10.2. The molecule has 8 heteroatoms. The quantitative estimate of drug-likeness (QED) is 0.627. The largest absolute Gasteiger partial charge is 0.416 e. The molecule has 1 heterocycles. The summed E-state index contributed by atoms with van der Waals surface area (Å²) in [6.07, 6.45) is -4.12. The summed E-state index contributed by atoms with van der Waals surface area (Å²) in [7, 11) is -3.63. The van der Waals surface area contributed by atoms with Crippen LogP contribution in [0.25, 0.3) is 0 Å². The fourth-order valence-corrected chi connectivity index (χ4v) is 5.00. The van der Waals surface area contributed by atoms with Crippen LogP contribution in [0.3, 0.4) is 0 Å². The molecule has 0 aliphatic carbocycles. The van der Waals surface area contributed by atoms with Crippen LogP contribution in [0.2, 0.25) is 0 Å². The Morgan fingerprint density at radius 1 is 1.19 bits per heavy atom. The maximum atomic E-state index is 13.4. The molecule has 0 bridgehead atoms. The van der Waals surface area contributed by atoms with Crippen molar-refractivity contribution in [2.24, 2.45) is 0 Å². The van der Waals surface area contributed by atoms with Crippen molar-refractivity contribution in [1.29, 1.82) is 0 Å². The smallest absolute Gasteiger partial charge is 0.368 e. The lowest BCUT2D eigenvalue weighted by molar-refractivity contribution is -0.137. The minimum Gasteiger partial charge on any atom is -0.368 e. The van der Waals surface area contributed by atoms with Gasteiger partial charge in [0, 0.05) is 5.69 Å². The van der Waals surface area contributed by atoms with Crippen LogP contribution in [-0.4, -0.2) is 12.7 Å². The molecule has 3 rings (SSSR count). The second kappa shape index (κ2) is 7.66. The molecule has 0 unspecified atom stereocenters. The predicted molar refractivity (Wildman–Crippen MR) is 97.7 cm³/mol. The fraction of sp³-hybridized carbons (Fsp3) is 0.368. The Morgan fingerprint density at radius 3 is 2.52 bits per heavy atom. The Balaban J connectivity index is 1.98. The van der Waals surface area contributed by atoms with Crippen LogP contribution >= 0.6 is 7.60 Å². The van der Waals surface area contributed by atoms with Crippen molar-refractivity contribution in [3.63, 3.8) is 0 Å². The summed E-state index contributed by atoms with van der Waals surface area (Å²) in [6, 6.07) is 12.0. The van der Waals surface area contributed by atoms with E-state index in [1.54, 1.807) is 19.1 Å². The fourth-order valence-electron chi connectivity index (χ4n) is 2.85. The van der Waals surface area contributed by atoms with Gasteiger partial charge in [0.2, 0.25) is 0 Å². The van der Waals surface area contributed by atoms with Gasteiger partial charge >= 0.3 is 13.8 Å². The van der Waals surface area contributed by atoms with E-state index in [2.05, 4.69) is 5.32 Å². The zero-order chi connectivity index (χ0) is 19.7. The molecule has 146 valence electrons. The predicted octanol–water partition coefficient (Wildman–Crippen LogP) is 6.14. The van der Waals surface area contributed by atoms with E-state index < -0.39 is 25.1 Å². The molecule has 4 nitrogen and oxygen atoms in total. The highest BCUT2D eigenvalue weighted by atomic mass is 31.2. The van der Waals surface area contributed by atoms with Crippen LogP contribution in [0.15, 0.2) is 48.5 Å². The van der Waals surface area contributed by atoms with Gasteiger partial charge in [-0.2, -0.15) is 13.2 Å². The van der Waals surface area contributed by atoms with Crippen molar-refractivity contribution in [1.82, 2.24) is 0 Å². The second-order valence-corrected chi connectivity index (χ2v) is 8.68. The number of hydrogen-bond donors (Lipinski definition) is 1. The average molecular weight is 399 g/mol. The van der Waals surface area contributed by atoms with Crippen LogP contribution in [0.5, 0.6) is 0 Å². The van der Waals surface area contributed by atoms with E-state index >= 15 is 0 Å². The van der Waals surface area contributed by atoms with Crippen molar-refractivity contribution >= 4 is 13.3 Å². The molecule has 0 aromatic heterocycles. The third kappa shape index (κ3) is 4.72. The molecule has 1 saturated heterocycles. The third-order valence-electron chi connectivity index (χ3n) is 4.33. The zero-order valence-electron chi connectivity index (χ0n) is 15.0. The van der Waals surface area contributed by atoms with E-state index in [1.165, 1.54) is 12.1 Å². The van der Waals surface area contributed by atoms with Gasteiger partial charge in [0.15, 0.2) is 5.78 Å². The SMILES string of the molecule is Cc1ccc([C@@H](Nc2cccc(C(F)(F)F)c2)[P@@]2(=O)OCC[C@@H](C)O2)cc1. The third-order valence-corrected chi connectivity index (χ3v) is 6.58. The highest BCUT2D eigenvalue weighted by Crippen LogP contribution is 2.63. The van der Waals surface area contributed by atoms with Gasteiger partial charge < -0.3 is 14.4 Å². The Morgan fingerprint density at radius 2 is 1.89 bits per heavy atom. The van der Waals surface area contributed by atoms with Crippen LogP contribution in [0.4, 0.5) is 18.9 Å². The normalized spacial score (nSPS) is 24.4. The van der Waals surface area contributed by atoms with Gasteiger partial charge in [-0.3, -0.25) is 4.57 Å². The molecule has 0 saturated carbocycles. The van der Waals surface area contributed by atoms with E-state index in [0.717, 1.165) is 17.7 Å². The van der Waals surface area contributed by atoms with E-state index in [9.17, 15) is 17.7 Å². The Bertz CT molecular complexity index is 839. The lowest BCUT2D eigenvalue weighted by Gasteiger charge is -2.34. The summed E-state index contributed by atoms with van der Waals surface area (Å²) in [4.78, 5) is 0. The summed E-state index contributed by atoms with van der Waals surface area (Å²) in [6.45, 7) is 3.98. The van der Waals surface area contributed by atoms with Gasteiger partial charge in [-0.05, 0) is 44.0 Å². The number of anilines is 1. The molecule has 1 aliphatic heterocycles. The molecule has 2 aromatic rings. The van der Waals surface area contributed by atoms with E-state index in [1.807, 2.05) is 19.1 Å². The topological polar surface area (TPSA) is 47.6 Å². The molecule has 1 N–H and O–H groups in total. The number of nitrogens with one attached hydrogen (secondary N) is 1. The number of halogens is 3. The van der Waals surface area contributed by atoms with E-state index in [0.29, 0.717) is 12.0 Å². The van der Waals surface area contributed by atoms with E-state index in [-0.39, 0.29) is 18.4 Å². The van der Waals surface area contributed by atoms with Crippen molar-refractivity contribution in [2.45, 2.75) is 38.3 Å². The summed E-state index contributed by atoms with van der Waals surface area (Å²) in [5.41, 5.74) is 1.03. The number of alkyl halides is 3. The maximum Gasteiger partial charge on any atom is 0.416 e. The summed E-state index contributed by atoms with van der Waals surface area (Å²) in [5, 5.41) is 2.94. The first-order chi connectivity index (χ1) is 12.7. The van der Waals surface area contributed by atoms with Gasteiger partial charge in [-0.1, -0.05) is 35.9 Å². The zero-order valence-corrected chi connectivity index (χ0v) is 15.9. The molecule has 0 amide bonds. The molecule has 2 aromatic carbocycles.